The number of benzene rings is 1. The summed E-state index contributed by atoms with van der Waals surface area (Å²) in [5.74, 6) is 0. The van der Waals surface area contributed by atoms with Gasteiger partial charge >= 0.3 is 23.1 Å². The van der Waals surface area contributed by atoms with Crippen molar-refractivity contribution in [3.63, 3.8) is 0 Å². The van der Waals surface area contributed by atoms with E-state index in [1.807, 2.05) is 0 Å². The van der Waals surface area contributed by atoms with Gasteiger partial charge in [0.05, 0.1) is 0 Å². The van der Waals surface area contributed by atoms with Gasteiger partial charge in [-0.25, -0.2) is 0 Å². The van der Waals surface area contributed by atoms with Crippen LogP contribution in [0.2, 0.25) is 0 Å². The molecular formula is C11H17BrMg. The Morgan fingerprint density at radius 1 is 0.923 bits per heavy atom. The highest BCUT2D eigenvalue weighted by molar-refractivity contribution is 9.09. The zero-order valence-corrected chi connectivity index (χ0v) is 8.89. The van der Waals surface area contributed by atoms with Crippen molar-refractivity contribution in [3.8, 4) is 0 Å². The molecule has 0 amide bonds. The van der Waals surface area contributed by atoms with Crippen molar-refractivity contribution in [1.82, 2.24) is 0 Å². The minimum absolute atomic E-state index is 0. The Morgan fingerprint density at radius 2 is 1.62 bits per heavy atom. The van der Waals surface area contributed by atoms with Crippen molar-refractivity contribution in [3.05, 3.63) is 35.9 Å². The maximum atomic E-state index is 3.44. The molecule has 0 saturated carbocycles. The summed E-state index contributed by atoms with van der Waals surface area (Å²) in [6.07, 6.45) is 5.18. The van der Waals surface area contributed by atoms with Gasteiger partial charge in [0.2, 0.25) is 0 Å². The molecule has 2 heteroatoms. The maximum Gasteiger partial charge on any atom is 0.316 e. The van der Waals surface area contributed by atoms with E-state index in [0.29, 0.717) is 0 Å². The SMILES string of the molecule is BrCCCCCc1ccccc1.[MgH2]. The van der Waals surface area contributed by atoms with Gasteiger partial charge in [0.25, 0.3) is 0 Å². The first kappa shape index (κ1) is 13.5. The molecule has 0 unspecified atom stereocenters. The topological polar surface area (TPSA) is 0 Å². The predicted octanol–water partition coefficient (Wildman–Crippen LogP) is 2.88. The normalized spacial score (nSPS) is 9.31. The first-order valence-electron chi connectivity index (χ1n) is 4.53. The predicted molar refractivity (Wildman–Crippen MR) is 66.3 cm³/mol. The summed E-state index contributed by atoms with van der Waals surface area (Å²) in [7, 11) is 0. The van der Waals surface area contributed by atoms with Crippen molar-refractivity contribution < 1.29 is 0 Å². The fraction of sp³-hybridized carbons (Fsp3) is 0.455. The molecule has 1 rings (SSSR count). The second-order valence-corrected chi connectivity index (χ2v) is 3.78. The van der Waals surface area contributed by atoms with Crippen LogP contribution in [0.4, 0.5) is 0 Å². The zero-order chi connectivity index (χ0) is 8.65. The number of aryl methyl sites for hydroxylation is 1. The lowest BCUT2D eigenvalue weighted by Crippen LogP contribution is -1.85. The van der Waals surface area contributed by atoms with Crippen LogP contribution in [0.3, 0.4) is 0 Å². The Kier molecular flexibility index (Phi) is 9.36. The van der Waals surface area contributed by atoms with E-state index in [2.05, 4.69) is 46.3 Å². The summed E-state index contributed by atoms with van der Waals surface area (Å²) in [6.45, 7) is 0. The van der Waals surface area contributed by atoms with Gasteiger partial charge in [-0.05, 0) is 24.8 Å². The van der Waals surface area contributed by atoms with Crippen LogP contribution in [0.5, 0.6) is 0 Å². The Morgan fingerprint density at radius 3 is 2.23 bits per heavy atom. The molecule has 0 aliphatic heterocycles. The summed E-state index contributed by atoms with van der Waals surface area (Å²) >= 11 is 3.44. The van der Waals surface area contributed by atoms with E-state index in [1.54, 1.807) is 0 Å². The Labute approximate surface area is 105 Å². The van der Waals surface area contributed by atoms with Crippen LogP contribution < -0.4 is 0 Å². The van der Waals surface area contributed by atoms with Crippen LogP contribution in [-0.4, -0.2) is 28.4 Å². The largest absolute Gasteiger partial charge is 0.316 e. The van der Waals surface area contributed by atoms with Gasteiger partial charge < -0.3 is 0 Å². The lowest BCUT2D eigenvalue weighted by atomic mass is 10.1. The van der Waals surface area contributed by atoms with Crippen molar-refractivity contribution in [1.29, 1.82) is 0 Å². The average Bonchev–Trinajstić information content (AvgIpc) is 2.14. The number of alkyl halides is 1. The lowest BCUT2D eigenvalue weighted by Gasteiger charge is -1.99. The second kappa shape index (κ2) is 9.04. The molecule has 0 aliphatic carbocycles. The maximum absolute atomic E-state index is 3.44. The molecule has 0 nitrogen and oxygen atoms in total. The van der Waals surface area contributed by atoms with E-state index in [-0.39, 0.29) is 23.1 Å². The monoisotopic (exact) mass is 252 g/mol. The highest BCUT2D eigenvalue weighted by Crippen LogP contribution is 2.06. The molecule has 0 bridgehead atoms. The highest BCUT2D eigenvalue weighted by atomic mass is 79.9. The molecule has 0 radical (unpaired) electrons. The van der Waals surface area contributed by atoms with Crippen molar-refractivity contribution in [2.24, 2.45) is 0 Å². The third kappa shape index (κ3) is 6.53. The Hall–Kier alpha value is 0.466. The molecule has 0 spiro atoms. The van der Waals surface area contributed by atoms with Crippen LogP contribution in [0.25, 0.3) is 0 Å². The summed E-state index contributed by atoms with van der Waals surface area (Å²) in [6, 6.07) is 10.7. The molecule has 0 N–H and O–H groups in total. The van der Waals surface area contributed by atoms with Gasteiger partial charge in [-0.3, -0.25) is 0 Å². The van der Waals surface area contributed by atoms with E-state index in [0.717, 1.165) is 5.33 Å². The van der Waals surface area contributed by atoms with Gasteiger partial charge in [0.1, 0.15) is 0 Å². The quantitative estimate of drug-likeness (QED) is 0.430. The minimum atomic E-state index is 0. The standard InChI is InChI=1S/C11H15Br.Mg.2H/c12-10-6-2-5-9-11-7-3-1-4-8-11;;;/h1,3-4,7-8H,2,5-6,9-10H2;;;. The minimum Gasteiger partial charge on any atom is -0.0928 e. The molecule has 0 atom stereocenters. The van der Waals surface area contributed by atoms with E-state index < -0.39 is 0 Å². The second-order valence-electron chi connectivity index (χ2n) is 2.99. The fourth-order valence-corrected chi connectivity index (χ4v) is 1.64. The number of hydrogen-bond acceptors (Lipinski definition) is 0. The van der Waals surface area contributed by atoms with Crippen LogP contribution >= 0.6 is 15.9 Å². The first-order valence-corrected chi connectivity index (χ1v) is 5.65. The van der Waals surface area contributed by atoms with Crippen LogP contribution in [0, 0.1) is 0 Å². The number of hydrogen-bond donors (Lipinski definition) is 0. The van der Waals surface area contributed by atoms with Crippen molar-refractivity contribution in [2.75, 3.05) is 5.33 Å². The third-order valence-corrected chi connectivity index (χ3v) is 2.50. The third-order valence-electron chi connectivity index (χ3n) is 1.94. The van der Waals surface area contributed by atoms with E-state index in [4.69, 9.17) is 0 Å². The van der Waals surface area contributed by atoms with E-state index >= 15 is 0 Å². The molecular weight excluding hydrogens is 236 g/mol. The van der Waals surface area contributed by atoms with Gasteiger partial charge in [0.15, 0.2) is 0 Å². The fourth-order valence-electron chi connectivity index (χ4n) is 1.25. The molecule has 0 heterocycles. The van der Waals surface area contributed by atoms with E-state index in [9.17, 15) is 0 Å². The van der Waals surface area contributed by atoms with Gasteiger partial charge in [-0.1, -0.05) is 52.7 Å². The van der Waals surface area contributed by atoms with Gasteiger partial charge in [0, 0.05) is 5.33 Å². The number of rotatable bonds is 5. The van der Waals surface area contributed by atoms with Gasteiger partial charge in [-0.2, -0.15) is 0 Å². The zero-order valence-electron chi connectivity index (χ0n) is 7.30. The molecule has 13 heavy (non-hydrogen) atoms. The summed E-state index contributed by atoms with van der Waals surface area (Å²) in [5, 5.41) is 1.14. The average molecular weight is 253 g/mol. The van der Waals surface area contributed by atoms with Crippen LogP contribution in [-0.2, 0) is 6.42 Å². The van der Waals surface area contributed by atoms with E-state index in [1.165, 1.54) is 31.2 Å². The molecule has 0 aliphatic rings. The summed E-state index contributed by atoms with van der Waals surface area (Å²) < 4.78 is 0. The van der Waals surface area contributed by atoms with Crippen LogP contribution in [0.15, 0.2) is 30.3 Å². The molecule has 70 valence electrons. The summed E-state index contributed by atoms with van der Waals surface area (Å²) in [5.41, 5.74) is 1.46. The smallest absolute Gasteiger partial charge is 0.0928 e. The Balaban J connectivity index is 0.00000144. The lowest BCUT2D eigenvalue weighted by molar-refractivity contribution is 0.724. The van der Waals surface area contributed by atoms with Crippen molar-refractivity contribution in [2.45, 2.75) is 25.7 Å². The molecule has 0 aromatic heterocycles. The number of halogens is 1. The molecule has 1 aromatic rings. The van der Waals surface area contributed by atoms with Gasteiger partial charge in [-0.15, -0.1) is 0 Å². The summed E-state index contributed by atoms with van der Waals surface area (Å²) in [4.78, 5) is 0. The molecule has 0 fully saturated rings. The molecule has 1 aromatic carbocycles. The number of unbranched alkanes of at least 4 members (excludes halogenated alkanes) is 2. The molecule has 0 saturated heterocycles. The van der Waals surface area contributed by atoms with Crippen molar-refractivity contribution >= 4 is 39.0 Å². The first-order chi connectivity index (χ1) is 5.93. The van der Waals surface area contributed by atoms with Crippen LogP contribution in [0.1, 0.15) is 24.8 Å². The Bertz CT molecular complexity index is 199. The highest BCUT2D eigenvalue weighted by Gasteiger charge is 1.90.